The minimum absolute atomic E-state index is 0.0526. The molecule has 3 heterocycles. The third-order valence-corrected chi connectivity index (χ3v) is 7.81. The van der Waals surface area contributed by atoms with Crippen molar-refractivity contribution in [2.24, 2.45) is 5.73 Å². The number of para-hydroxylation sites is 1. The Morgan fingerprint density at radius 1 is 1.12 bits per heavy atom. The summed E-state index contributed by atoms with van der Waals surface area (Å²) in [6.07, 6.45) is 6.05. The summed E-state index contributed by atoms with van der Waals surface area (Å²) < 4.78 is 2.13. The molecular formula is C30H35ClN8O2. The van der Waals surface area contributed by atoms with Gasteiger partial charge in [0.05, 0.1) is 10.5 Å². The van der Waals surface area contributed by atoms with Crippen LogP contribution in [0.4, 0.5) is 5.95 Å². The molecule has 0 radical (unpaired) electrons. The smallest absolute Gasteiger partial charge is 0.224 e. The van der Waals surface area contributed by atoms with Crippen molar-refractivity contribution >= 4 is 40.4 Å². The number of amides is 2. The fourth-order valence-corrected chi connectivity index (χ4v) is 5.70. The summed E-state index contributed by atoms with van der Waals surface area (Å²) in [5.41, 5.74) is 16.6. The molecule has 1 saturated heterocycles. The van der Waals surface area contributed by atoms with Crippen LogP contribution in [0.15, 0.2) is 54.9 Å². The lowest BCUT2D eigenvalue weighted by molar-refractivity contribution is -0.132. The van der Waals surface area contributed by atoms with E-state index >= 15 is 0 Å². The van der Waals surface area contributed by atoms with Crippen molar-refractivity contribution in [3.63, 3.8) is 0 Å². The highest BCUT2D eigenvalue weighted by Gasteiger charge is 2.29. The Bertz CT molecular complexity index is 1520. The molecule has 0 spiro atoms. The molecule has 41 heavy (non-hydrogen) atoms. The Labute approximate surface area is 244 Å². The molecule has 11 heteroatoms. The van der Waals surface area contributed by atoms with Gasteiger partial charge in [-0.15, -0.1) is 0 Å². The highest BCUT2D eigenvalue weighted by atomic mass is 35.5. The Morgan fingerprint density at radius 3 is 2.61 bits per heavy atom. The molecule has 4 aromatic rings. The SMILES string of the molecule is CC(=O)NCCn1c(C2CCCN(C(=O)CC(N)Cc3ccc(-c4cnc(N)nc4)cc3)C2)nc2c(Cl)cccc21. The Kier molecular flexibility index (Phi) is 8.80. The Balaban J connectivity index is 1.23. The fourth-order valence-electron chi connectivity index (χ4n) is 5.48. The van der Waals surface area contributed by atoms with Crippen molar-refractivity contribution in [1.82, 2.24) is 29.7 Å². The number of anilines is 1. The van der Waals surface area contributed by atoms with Gasteiger partial charge in [-0.1, -0.05) is 41.9 Å². The quantitative estimate of drug-likeness (QED) is 0.277. The molecule has 1 aliphatic rings. The van der Waals surface area contributed by atoms with E-state index < -0.39 is 0 Å². The number of halogens is 1. The van der Waals surface area contributed by atoms with E-state index in [1.807, 2.05) is 47.4 Å². The summed E-state index contributed by atoms with van der Waals surface area (Å²) in [5, 5.41) is 3.46. The zero-order valence-electron chi connectivity index (χ0n) is 23.1. The van der Waals surface area contributed by atoms with Crippen molar-refractivity contribution in [3.05, 3.63) is 71.3 Å². The van der Waals surface area contributed by atoms with Gasteiger partial charge >= 0.3 is 0 Å². The second-order valence-electron chi connectivity index (χ2n) is 10.6. The number of nitrogens with two attached hydrogens (primary N) is 2. The molecule has 10 nitrogen and oxygen atoms in total. The van der Waals surface area contributed by atoms with Crippen LogP contribution in [0.3, 0.4) is 0 Å². The van der Waals surface area contributed by atoms with Gasteiger partial charge in [-0.05, 0) is 42.5 Å². The Morgan fingerprint density at radius 2 is 1.88 bits per heavy atom. The first kappa shape index (κ1) is 28.5. The van der Waals surface area contributed by atoms with Gasteiger partial charge in [0.25, 0.3) is 0 Å². The van der Waals surface area contributed by atoms with E-state index in [0.29, 0.717) is 37.6 Å². The van der Waals surface area contributed by atoms with E-state index in [-0.39, 0.29) is 36.1 Å². The fraction of sp³-hybridized carbons (Fsp3) is 0.367. The van der Waals surface area contributed by atoms with Crippen molar-refractivity contribution in [3.8, 4) is 11.1 Å². The maximum atomic E-state index is 13.3. The first-order valence-electron chi connectivity index (χ1n) is 13.9. The summed E-state index contributed by atoms with van der Waals surface area (Å²) in [7, 11) is 0. The predicted octanol–water partition coefficient (Wildman–Crippen LogP) is 3.53. The van der Waals surface area contributed by atoms with Crippen LogP contribution < -0.4 is 16.8 Å². The van der Waals surface area contributed by atoms with Crippen LogP contribution in [-0.2, 0) is 22.6 Å². The number of hydrogen-bond acceptors (Lipinski definition) is 7. The van der Waals surface area contributed by atoms with Crippen LogP contribution in [0, 0.1) is 0 Å². The van der Waals surface area contributed by atoms with E-state index in [0.717, 1.165) is 46.4 Å². The lowest BCUT2D eigenvalue weighted by Gasteiger charge is -2.33. The molecule has 0 bridgehead atoms. The number of likely N-dealkylation sites (tertiary alicyclic amines) is 1. The first-order valence-corrected chi connectivity index (χ1v) is 14.3. The molecule has 5 rings (SSSR count). The number of aromatic nitrogens is 4. The van der Waals surface area contributed by atoms with E-state index in [1.54, 1.807) is 12.4 Å². The molecule has 1 aliphatic heterocycles. The van der Waals surface area contributed by atoms with E-state index in [2.05, 4.69) is 19.9 Å². The summed E-state index contributed by atoms with van der Waals surface area (Å²) in [6, 6.07) is 13.5. The third-order valence-electron chi connectivity index (χ3n) is 7.50. The van der Waals surface area contributed by atoms with Crippen LogP contribution in [0.2, 0.25) is 5.02 Å². The molecule has 2 unspecified atom stereocenters. The summed E-state index contributed by atoms with van der Waals surface area (Å²) in [4.78, 5) is 39.7. The van der Waals surface area contributed by atoms with Crippen molar-refractivity contribution in [1.29, 1.82) is 0 Å². The number of fused-ring (bicyclic) bond motifs is 1. The number of imidazole rings is 1. The monoisotopic (exact) mass is 574 g/mol. The molecule has 1 fully saturated rings. The van der Waals surface area contributed by atoms with Crippen LogP contribution in [0.1, 0.15) is 43.5 Å². The number of carbonyl (C=O) groups excluding carboxylic acids is 2. The lowest BCUT2D eigenvalue weighted by atomic mass is 9.95. The van der Waals surface area contributed by atoms with E-state index in [4.69, 9.17) is 28.1 Å². The van der Waals surface area contributed by atoms with E-state index in [9.17, 15) is 9.59 Å². The van der Waals surface area contributed by atoms with Gasteiger partial charge in [0.2, 0.25) is 17.8 Å². The number of nitrogens with zero attached hydrogens (tertiary/aromatic N) is 5. The number of piperidine rings is 1. The summed E-state index contributed by atoms with van der Waals surface area (Å²) in [6.45, 7) is 3.84. The molecule has 0 aliphatic carbocycles. The highest BCUT2D eigenvalue weighted by Crippen LogP contribution is 2.32. The zero-order chi connectivity index (χ0) is 28.9. The number of nitrogen functional groups attached to an aromatic ring is 1. The average Bonchev–Trinajstić information content (AvgIpc) is 3.33. The topological polar surface area (TPSA) is 145 Å². The largest absolute Gasteiger partial charge is 0.368 e. The van der Waals surface area contributed by atoms with Crippen molar-refractivity contribution in [2.75, 3.05) is 25.4 Å². The minimum Gasteiger partial charge on any atom is -0.368 e. The van der Waals surface area contributed by atoms with Crippen molar-refractivity contribution < 1.29 is 9.59 Å². The second kappa shape index (κ2) is 12.7. The molecule has 5 N–H and O–H groups in total. The second-order valence-corrected chi connectivity index (χ2v) is 11.0. The number of carbonyl (C=O) groups is 2. The Hall–Kier alpha value is -4.02. The van der Waals surface area contributed by atoms with Gasteiger partial charge in [0.1, 0.15) is 11.3 Å². The maximum absolute atomic E-state index is 13.3. The molecule has 2 aromatic carbocycles. The molecule has 214 valence electrons. The summed E-state index contributed by atoms with van der Waals surface area (Å²) in [5.74, 6) is 1.18. The van der Waals surface area contributed by atoms with Crippen LogP contribution in [0.5, 0.6) is 0 Å². The molecule has 0 saturated carbocycles. The molecule has 2 atom stereocenters. The molecular weight excluding hydrogens is 540 g/mol. The standard InChI is InChI=1S/C30H35ClN8O2/c1-19(40)34-11-13-39-26-6-2-5-25(31)28(26)37-29(39)22-4-3-12-38(18-22)27(41)15-24(32)14-20-7-9-21(10-8-20)23-16-35-30(33)36-17-23/h2,5-10,16-17,22,24H,3-4,11-15,18,32H2,1H3,(H,34,40)(H2,33,35,36). The van der Waals surface area contributed by atoms with Crippen molar-refractivity contribution in [2.45, 2.75) is 51.1 Å². The van der Waals surface area contributed by atoms with E-state index in [1.165, 1.54) is 6.92 Å². The average molecular weight is 575 g/mol. The van der Waals surface area contributed by atoms with Crippen LogP contribution in [0.25, 0.3) is 22.2 Å². The summed E-state index contributed by atoms with van der Waals surface area (Å²) >= 11 is 6.48. The lowest BCUT2D eigenvalue weighted by Crippen LogP contribution is -2.42. The van der Waals surface area contributed by atoms with Gasteiger partial charge in [0, 0.05) is 69.4 Å². The number of rotatable bonds is 9. The predicted molar refractivity (Wildman–Crippen MR) is 160 cm³/mol. The minimum atomic E-state index is -0.297. The van der Waals surface area contributed by atoms with Gasteiger partial charge in [-0.25, -0.2) is 15.0 Å². The maximum Gasteiger partial charge on any atom is 0.224 e. The van der Waals surface area contributed by atoms with Crippen LogP contribution in [-0.4, -0.2) is 61.9 Å². The number of nitrogens with one attached hydrogen (secondary N) is 1. The van der Waals surface area contributed by atoms with Gasteiger partial charge < -0.3 is 26.3 Å². The highest BCUT2D eigenvalue weighted by molar-refractivity contribution is 6.34. The van der Waals surface area contributed by atoms with Crippen LogP contribution >= 0.6 is 11.6 Å². The number of benzene rings is 2. The van der Waals surface area contributed by atoms with Gasteiger partial charge in [0.15, 0.2) is 0 Å². The number of hydrogen-bond donors (Lipinski definition) is 3. The normalized spacial score (nSPS) is 16.1. The van der Waals surface area contributed by atoms with Gasteiger partial charge in [-0.2, -0.15) is 0 Å². The zero-order valence-corrected chi connectivity index (χ0v) is 23.8. The molecule has 2 amide bonds. The molecule has 2 aromatic heterocycles. The third kappa shape index (κ3) is 6.83. The first-order chi connectivity index (χ1) is 19.8. The van der Waals surface area contributed by atoms with Gasteiger partial charge in [-0.3, -0.25) is 9.59 Å².